The standard InChI is InChI=1S/C17H14FN5O/c1-22-9-13(15-16(22)17(24)20-10-19-15)12-7-11(3-4-14(12)18)8-23-6-2-5-21-23/h2-7,9-10H,8H2,1H3,(H,19,20,24). The third-order valence-electron chi connectivity index (χ3n) is 3.98. The van der Waals surface area contributed by atoms with Gasteiger partial charge in [-0.05, 0) is 23.8 Å². The van der Waals surface area contributed by atoms with Crippen LogP contribution in [0, 0.1) is 5.82 Å². The Bertz CT molecular complexity index is 1080. The number of hydrogen-bond donors (Lipinski definition) is 1. The summed E-state index contributed by atoms with van der Waals surface area (Å²) in [6, 6.07) is 6.77. The van der Waals surface area contributed by atoms with E-state index in [1.54, 1.807) is 40.8 Å². The van der Waals surface area contributed by atoms with E-state index in [-0.39, 0.29) is 11.4 Å². The van der Waals surface area contributed by atoms with Crippen LogP contribution in [0.1, 0.15) is 5.56 Å². The highest BCUT2D eigenvalue weighted by Crippen LogP contribution is 2.30. The molecule has 120 valence electrons. The minimum Gasteiger partial charge on any atom is -0.344 e. The molecule has 24 heavy (non-hydrogen) atoms. The lowest BCUT2D eigenvalue weighted by Crippen LogP contribution is -2.08. The maximum atomic E-state index is 14.4. The van der Waals surface area contributed by atoms with E-state index in [0.717, 1.165) is 5.56 Å². The molecule has 0 spiro atoms. The fourth-order valence-electron chi connectivity index (χ4n) is 2.89. The molecule has 1 N–H and O–H groups in total. The number of aromatic amines is 1. The van der Waals surface area contributed by atoms with Crippen LogP contribution in [0.15, 0.2) is 54.0 Å². The Kier molecular flexibility index (Phi) is 3.26. The van der Waals surface area contributed by atoms with Crippen molar-refractivity contribution in [1.82, 2.24) is 24.3 Å². The van der Waals surface area contributed by atoms with Crippen molar-refractivity contribution in [2.75, 3.05) is 0 Å². The number of aryl methyl sites for hydroxylation is 1. The Balaban J connectivity index is 1.88. The molecule has 0 radical (unpaired) electrons. The number of fused-ring (bicyclic) bond motifs is 1. The monoisotopic (exact) mass is 323 g/mol. The summed E-state index contributed by atoms with van der Waals surface area (Å²) < 4.78 is 17.9. The molecule has 6 nitrogen and oxygen atoms in total. The van der Waals surface area contributed by atoms with Gasteiger partial charge in [0, 0.05) is 36.8 Å². The van der Waals surface area contributed by atoms with Crippen LogP contribution in [0.25, 0.3) is 22.2 Å². The summed E-state index contributed by atoms with van der Waals surface area (Å²) in [5, 5.41) is 4.16. The maximum Gasteiger partial charge on any atom is 0.275 e. The highest BCUT2D eigenvalue weighted by Gasteiger charge is 2.16. The van der Waals surface area contributed by atoms with Gasteiger partial charge in [0.05, 0.1) is 12.9 Å². The number of hydrogen-bond acceptors (Lipinski definition) is 3. The third kappa shape index (κ3) is 2.30. The summed E-state index contributed by atoms with van der Waals surface area (Å²) in [6.45, 7) is 0.541. The average Bonchev–Trinajstić information content (AvgIpc) is 3.18. The molecule has 0 saturated heterocycles. The SMILES string of the molecule is Cn1cc(-c2cc(Cn3cccn3)ccc2F)c2nc[nH]c(=O)c21. The van der Waals surface area contributed by atoms with Crippen LogP contribution in [0.4, 0.5) is 4.39 Å². The lowest BCUT2D eigenvalue weighted by atomic mass is 10.0. The molecule has 3 aromatic heterocycles. The van der Waals surface area contributed by atoms with Gasteiger partial charge in [-0.1, -0.05) is 6.07 Å². The van der Waals surface area contributed by atoms with Crippen molar-refractivity contribution in [3.8, 4) is 11.1 Å². The minimum absolute atomic E-state index is 0.248. The van der Waals surface area contributed by atoms with E-state index in [1.165, 1.54) is 12.4 Å². The fraction of sp³-hybridized carbons (Fsp3) is 0.118. The first kappa shape index (κ1) is 14.4. The molecular formula is C17H14FN5O. The van der Waals surface area contributed by atoms with E-state index in [9.17, 15) is 9.18 Å². The van der Waals surface area contributed by atoms with Crippen molar-refractivity contribution < 1.29 is 4.39 Å². The Morgan fingerprint density at radius 1 is 1.29 bits per heavy atom. The van der Waals surface area contributed by atoms with E-state index in [1.807, 2.05) is 12.3 Å². The Morgan fingerprint density at radius 2 is 2.17 bits per heavy atom. The number of nitrogens with one attached hydrogen (secondary N) is 1. The molecular weight excluding hydrogens is 309 g/mol. The fourth-order valence-corrected chi connectivity index (χ4v) is 2.89. The summed E-state index contributed by atoms with van der Waals surface area (Å²) in [4.78, 5) is 18.8. The first-order valence-corrected chi connectivity index (χ1v) is 7.42. The molecule has 4 aromatic rings. The highest BCUT2D eigenvalue weighted by atomic mass is 19.1. The van der Waals surface area contributed by atoms with E-state index in [2.05, 4.69) is 15.1 Å². The van der Waals surface area contributed by atoms with E-state index in [0.29, 0.717) is 28.7 Å². The van der Waals surface area contributed by atoms with Gasteiger partial charge in [0.15, 0.2) is 0 Å². The topological polar surface area (TPSA) is 68.5 Å². The lowest BCUT2D eigenvalue weighted by Gasteiger charge is -2.06. The van der Waals surface area contributed by atoms with Crippen molar-refractivity contribution in [2.24, 2.45) is 7.05 Å². The van der Waals surface area contributed by atoms with Crippen LogP contribution in [0.2, 0.25) is 0 Å². The van der Waals surface area contributed by atoms with Gasteiger partial charge in [0.2, 0.25) is 0 Å². The summed E-state index contributed by atoms with van der Waals surface area (Å²) in [7, 11) is 1.74. The smallest absolute Gasteiger partial charge is 0.275 e. The van der Waals surface area contributed by atoms with Gasteiger partial charge in [-0.2, -0.15) is 5.10 Å². The zero-order valence-corrected chi connectivity index (χ0v) is 12.9. The quantitative estimate of drug-likeness (QED) is 0.629. The molecule has 0 aliphatic rings. The van der Waals surface area contributed by atoms with Crippen molar-refractivity contribution in [2.45, 2.75) is 6.54 Å². The summed E-state index contributed by atoms with van der Waals surface area (Å²) in [5.74, 6) is -0.353. The van der Waals surface area contributed by atoms with Crippen LogP contribution in [-0.2, 0) is 13.6 Å². The average molecular weight is 323 g/mol. The van der Waals surface area contributed by atoms with E-state index < -0.39 is 0 Å². The Morgan fingerprint density at radius 3 is 2.96 bits per heavy atom. The molecule has 0 bridgehead atoms. The molecule has 0 saturated carbocycles. The number of halogens is 1. The Hall–Kier alpha value is -3.22. The molecule has 0 fully saturated rings. The molecule has 0 unspecified atom stereocenters. The highest BCUT2D eigenvalue weighted by molar-refractivity contribution is 5.92. The zero-order chi connectivity index (χ0) is 16.7. The summed E-state index contributed by atoms with van der Waals surface area (Å²) in [6.07, 6.45) is 6.61. The van der Waals surface area contributed by atoms with E-state index >= 15 is 0 Å². The van der Waals surface area contributed by atoms with Crippen LogP contribution < -0.4 is 5.56 Å². The van der Waals surface area contributed by atoms with Crippen molar-refractivity contribution in [3.05, 3.63) is 70.9 Å². The van der Waals surface area contributed by atoms with Gasteiger partial charge in [-0.25, -0.2) is 9.37 Å². The van der Waals surface area contributed by atoms with Crippen LogP contribution in [0.5, 0.6) is 0 Å². The zero-order valence-electron chi connectivity index (χ0n) is 12.9. The molecule has 4 rings (SSSR count). The normalized spacial score (nSPS) is 11.2. The van der Waals surface area contributed by atoms with Crippen LogP contribution in [-0.4, -0.2) is 24.3 Å². The van der Waals surface area contributed by atoms with Crippen molar-refractivity contribution in [1.29, 1.82) is 0 Å². The number of H-pyrrole nitrogens is 1. The largest absolute Gasteiger partial charge is 0.344 e. The van der Waals surface area contributed by atoms with Crippen molar-refractivity contribution >= 4 is 11.0 Å². The van der Waals surface area contributed by atoms with Gasteiger partial charge in [0.25, 0.3) is 5.56 Å². The third-order valence-corrected chi connectivity index (χ3v) is 3.98. The van der Waals surface area contributed by atoms with Gasteiger partial charge >= 0.3 is 0 Å². The van der Waals surface area contributed by atoms with Gasteiger partial charge < -0.3 is 9.55 Å². The van der Waals surface area contributed by atoms with Gasteiger partial charge in [0.1, 0.15) is 16.9 Å². The first-order valence-electron chi connectivity index (χ1n) is 7.42. The van der Waals surface area contributed by atoms with Crippen molar-refractivity contribution in [3.63, 3.8) is 0 Å². The first-order chi connectivity index (χ1) is 11.6. The van der Waals surface area contributed by atoms with Crippen LogP contribution in [0.3, 0.4) is 0 Å². The molecule has 0 aliphatic heterocycles. The second-order valence-corrected chi connectivity index (χ2v) is 5.60. The van der Waals surface area contributed by atoms with Crippen LogP contribution >= 0.6 is 0 Å². The number of benzene rings is 1. The maximum absolute atomic E-state index is 14.4. The lowest BCUT2D eigenvalue weighted by molar-refractivity contribution is 0.628. The second kappa shape index (κ2) is 5.45. The van der Waals surface area contributed by atoms with Gasteiger partial charge in [-0.15, -0.1) is 0 Å². The Labute approximate surface area is 136 Å². The minimum atomic E-state index is -0.353. The molecule has 0 amide bonds. The number of aromatic nitrogens is 5. The predicted octanol–water partition coefficient (Wildman–Crippen LogP) is 2.31. The second-order valence-electron chi connectivity index (χ2n) is 5.60. The summed E-state index contributed by atoms with van der Waals surface area (Å²) >= 11 is 0. The predicted molar refractivity (Wildman–Crippen MR) is 88.1 cm³/mol. The number of rotatable bonds is 3. The van der Waals surface area contributed by atoms with E-state index in [4.69, 9.17) is 0 Å². The molecule has 1 aromatic carbocycles. The molecule has 7 heteroatoms. The van der Waals surface area contributed by atoms with Gasteiger partial charge in [-0.3, -0.25) is 9.48 Å². The number of nitrogens with zero attached hydrogens (tertiary/aromatic N) is 4. The molecule has 3 heterocycles. The summed E-state index contributed by atoms with van der Waals surface area (Å²) in [5.41, 5.74) is 2.58. The molecule has 0 aliphatic carbocycles. The molecule has 0 atom stereocenters.